The van der Waals surface area contributed by atoms with E-state index in [9.17, 15) is 9.59 Å². The first-order chi connectivity index (χ1) is 9.10. The molecule has 0 unspecified atom stereocenters. The standard InChI is InChI=1S/C12H16N4O3/c17-10(18)6-12(3-1-4-12)16-11(19)14-7-9-2-5-13-8-15-9/h2,5,8H,1,3-4,6-7H2,(H,17,18)(H2,14,16,19). The Morgan fingerprint density at radius 1 is 1.42 bits per heavy atom. The molecule has 0 spiro atoms. The van der Waals surface area contributed by atoms with Gasteiger partial charge in [-0.3, -0.25) is 4.79 Å². The van der Waals surface area contributed by atoms with E-state index in [-0.39, 0.29) is 19.0 Å². The number of aliphatic carboxylic acids is 1. The second-order valence-corrected chi connectivity index (χ2v) is 4.71. The van der Waals surface area contributed by atoms with Gasteiger partial charge in [0.25, 0.3) is 0 Å². The van der Waals surface area contributed by atoms with Crippen molar-refractivity contribution in [3.05, 3.63) is 24.3 Å². The molecule has 7 nitrogen and oxygen atoms in total. The fraction of sp³-hybridized carbons (Fsp3) is 0.500. The molecule has 0 saturated heterocycles. The predicted molar refractivity (Wildman–Crippen MR) is 66.2 cm³/mol. The molecule has 19 heavy (non-hydrogen) atoms. The number of carbonyl (C=O) groups excluding carboxylic acids is 1. The maximum Gasteiger partial charge on any atom is 0.315 e. The number of nitrogens with zero attached hydrogens (tertiary/aromatic N) is 2. The van der Waals surface area contributed by atoms with Gasteiger partial charge in [-0.2, -0.15) is 0 Å². The molecule has 1 fully saturated rings. The van der Waals surface area contributed by atoms with Gasteiger partial charge in [0, 0.05) is 6.20 Å². The lowest BCUT2D eigenvalue weighted by atomic mass is 9.74. The summed E-state index contributed by atoms with van der Waals surface area (Å²) < 4.78 is 0. The average molecular weight is 264 g/mol. The number of rotatable bonds is 5. The number of carboxylic acid groups (broad SMARTS) is 1. The molecule has 0 radical (unpaired) electrons. The Labute approximate surface area is 110 Å². The van der Waals surface area contributed by atoms with Crippen molar-refractivity contribution in [1.82, 2.24) is 20.6 Å². The van der Waals surface area contributed by atoms with Crippen LogP contribution in [0, 0.1) is 0 Å². The third kappa shape index (κ3) is 3.64. The lowest BCUT2D eigenvalue weighted by molar-refractivity contribution is -0.139. The van der Waals surface area contributed by atoms with Crippen LogP contribution in [-0.4, -0.2) is 32.6 Å². The predicted octanol–water partition coefficient (Wildman–Crippen LogP) is 0.673. The van der Waals surface area contributed by atoms with Crippen LogP contribution in [0.2, 0.25) is 0 Å². The largest absolute Gasteiger partial charge is 0.481 e. The molecule has 1 aromatic rings. The summed E-state index contributed by atoms with van der Waals surface area (Å²) in [6.45, 7) is 0.289. The van der Waals surface area contributed by atoms with Crippen molar-refractivity contribution < 1.29 is 14.7 Å². The first kappa shape index (κ1) is 13.3. The fourth-order valence-electron chi connectivity index (χ4n) is 2.12. The van der Waals surface area contributed by atoms with Gasteiger partial charge < -0.3 is 15.7 Å². The number of hydrogen-bond donors (Lipinski definition) is 3. The lowest BCUT2D eigenvalue weighted by Gasteiger charge is -2.41. The van der Waals surface area contributed by atoms with Gasteiger partial charge in [-0.25, -0.2) is 14.8 Å². The Balaban J connectivity index is 1.82. The Hall–Kier alpha value is -2.18. The molecule has 7 heteroatoms. The van der Waals surface area contributed by atoms with Crippen molar-refractivity contribution in [2.75, 3.05) is 0 Å². The highest BCUT2D eigenvalue weighted by molar-refractivity contribution is 5.77. The van der Waals surface area contributed by atoms with Gasteiger partial charge in [0.05, 0.1) is 24.2 Å². The fourth-order valence-corrected chi connectivity index (χ4v) is 2.12. The summed E-state index contributed by atoms with van der Waals surface area (Å²) in [5.74, 6) is -0.893. The van der Waals surface area contributed by atoms with Crippen LogP contribution in [-0.2, 0) is 11.3 Å². The van der Waals surface area contributed by atoms with Crippen LogP contribution in [0.3, 0.4) is 0 Å². The van der Waals surface area contributed by atoms with E-state index in [0.29, 0.717) is 18.5 Å². The molecule has 1 heterocycles. The summed E-state index contributed by atoms with van der Waals surface area (Å²) in [5, 5.41) is 14.3. The van der Waals surface area contributed by atoms with Crippen LogP contribution in [0.5, 0.6) is 0 Å². The molecule has 102 valence electrons. The molecule has 0 atom stereocenters. The molecule has 1 saturated carbocycles. The first-order valence-electron chi connectivity index (χ1n) is 6.12. The summed E-state index contributed by atoms with van der Waals surface area (Å²) in [5.41, 5.74) is 0.118. The molecular formula is C12H16N4O3. The number of amides is 2. The van der Waals surface area contributed by atoms with Crippen LogP contribution >= 0.6 is 0 Å². The molecule has 0 aliphatic heterocycles. The minimum Gasteiger partial charge on any atom is -0.481 e. The van der Waals surface area contributed by atoms with Gasteiger partial charge in [0.2, 0.25) is 0 Å². The van der Waals surface area contributed by atoms with E-state index in [2.05, 4.69) is 20.6 Å². The number of carbonyl (C=O) groups is 2. The van der Waals surface area contributed by atoms with Crippen LogP contribution in [0.25, 0.3) is 0 Å². The van der Waals surface area contributed by atoms with E-state index in [1.54, 1.807) is 12.3 Å². The zero-order valence-electron chi connectivity index (χ0n) is 10.4. The number of carboxylic acids is 1. The average Bonchev–Trinajstić information content (AvgIpc) is 2.34. The number of hydrogen-bond acceptors (Lipinski definition) is 4. The highest BCUT2D eigenvalue weighted by Gasteiger charge is 2.40. The third-order valence-corrected chi connectivity index (χ3v) is 3.25. The van der Waals surface area contributed by atoms with E-state index in [1.807, 2.05) is 0 Å². The van der Waals surface area contributed by atoms with Crippen LogP contribution in [0.4, 0.5) is 4.79 Å². The van der Waals surface area contributed by atoms with Gasteiger partial charge in [0.15, 0.2) is 0 Å². The van der Waals surface area contributed by atoms with E-state index in [0.717, 1.165) is 6.42 Å². The van der Waals surface area contributed by atoms with Crippen molar-refractivity contribution in [2.24, 2.45) is 0 Å². The number of nitrogens with one attached hydrogen (secondary N) is 2. The van der Waals surface area contributed by atoms with Crippen molar-refractivity contribution >= 4 is 12.0 Å². The van der Waals surface area contributed by atoms with Gasteiger partial charge in [-0.05, 0) is 25.3 Å². The van der Waals surface area contributed by atoms with E-state index in [1.165, 1.54) is 6.33 Å². The summed E-state index contributed by atoms with van der Waals surface area (Å²) in [4.78, 5) is 30.3. The smallest absolute Gasteiger partial charge is 0.315 e. The molecule has 1 aliphatic carbocycles. The summed E-state index contributed by atoms with van der Waals surface area (Å²) >= 11 is 0. The highest BCUT2D eigenvalue weighted by atomic mass is 16.4. The summed E-state index contributed by atoms with van der Waals surface area (Å²) in [7, 11) is 0. The molecular weight excluding hydrogens is 248 g/mol. The quantitative estimate of drug-likeness (QED) is 0.725. The Morgan fingerprint density at radius 2 is 2.21 bits per heavy atom. The molecule has 1 aromatic heterocycles. The van der Waals surface area contributed by atoms with Crippen LogP contribution in [0.15, 0.2) is 18.6 Å². The molecule has 3 N–H and O–H groups in total. The zero-order valence-corrected chi connectivity index (χ0v) is 10.4. The maximum atomic E-state index is 11.7. The monoisotopic (exact) mass is 264 g/mol. The van der Waals surface area contributed by atoms with E-state index < -0.39 is 11.5 Å². The first-order valence-corrected chi connectivity index (χ1v) is 6.12. The topological polar surface area (TPSA) is 104 Å². The molecule has 0 bridgehead atoms. The van der Waals surface area contributed by atoms with Crippen molar-refractivity contribution in [1.29, 1.82) is 0 Å². The Kier molecular flexibility index (Phi) is 3.94. The molecule has 2 amide bonds. The van der Waals surface area contributed by atoms with Crippen molar-refractivity contribution in [2.45, 2.75) is 37.8 Å². The van der Waals surface area contributed by atoms with Crippen LogP contribution in [0.1, 0.15) is 31.4 Å². The second kappa shape index (κ2) is 5.64. The highest BCUT2D eigenvalue weighted by Crippen LogP contribution is 2.34. The van der Waals surface area contributed by atoms with Crippen molar-refractivity contribution in [3.63, 3.8) is 0 Å². The minimum atomic E-state index is -0.893. The molecule has 2 rings (SSSR count). The lowest BCUT2D eigenvalue weighted by Crippen LogP contribution is -2.57. The minimum absolute atomic E-state index is 0.0338. The van der Waals surface area contributed by atoms with Gasteiger partial charge >= 0.3 is 12.0 Å². The number of aromatic nitrogens is 2. The second-order valence-electron chi connectivity index (χ2n) is 4.71. The Bertz CT molecular complexity index is 459. The third-order valence-electron chi connectivity index (χ3n) is 3.25. The molecule has 1 aliphatic rings. The summed E-state index contributed by atoms with van der Waals surface area (Å²) in [6, 6.07) is 1.34. The zero-order chi connectivity index (χ0) is 13.7. The van der Waals surface area contributed by atoms with E-state index >= 15 is 0 Å². The van der Waals surface area contributed by atoms with E-state index in [4.69, 9.17) is 5.11 Å². The normalized spacial score (nSPS) is 16.2. The Morgan fingerprint density at radius 3 is 2.74 bits per heavy atom. The maximum absolute atomic E-state index is 11.7. The summed E-state index contributed by atoms with van der Waals surface area (Å²) in [6.07, 6.45) is 5.33. The van der Waals surface area contributed by atoms with Gasteiger partial charge in [0.1, 0.15) is 6.33 Å². The van der Waals surface area contributed by atoms with Crippen LogP contribution < -0.4 is 10.6 Å². The SMILES string of the molecule is O=C(O)CC1(NC(=O)NCc2ccncn2)CCC1. The van der Waals surface area contributed by atoms with Gasteiger partial charge in [-0.15, -0.1) is 0 Å². The number of urea groups is 1. The van der Waals surface area contributed by atoms with Gasteiger partial charge in [-0.1, -0.05) is 0 Å². The van der Waals surface area contributed by atoms with Crippen molar-refractivity contribution in [3.8, 4) is 0 Å². The molecule has 0 aromatic carbocycles.